The normalized spacial score (nSPS) is 40.1. The van der Waals surface area contributed by atoms with Crippen molar-refractivity contribution in [3.8, 4) is 0 Å². The minimum absolute atomic E-state index is 0.0471. The number of nitrogens with two attached hydrogens (primary N) is 1. The molecule has 2 N–H and O–H groups in total. The molecule has 1 amide bonds. The molecular formula is C12H17NO. The van der Waals surface area contributed by atoms with Gasteiger partial charge >= 0.3 is 0 Å². The second-order valence-electron chi connectivity index (χ2n) is 5.19. The van der Waals surface area contributed by atoms with Crippen molar-refractivity contribution >= 4 is 5.91 Å². The van der Waals surface area contributed by atoms with E-state index in [4.69, 9.17) is 5.73 Å². The maximum Gasteiger partial charge on any atom is 0.227 e. The minimum Gasteiger partial charge on any atom is -0.369 e. The molecule has 0 heterocycles. The van der Waals surface area contributed by atoms with Gasteiger partial charge in [-0.25, -0.2) is 0 Å². The summed E-state index contributed by atoms with van der Waals surface area (Å²) in [6, 6.07) is 0. The van der Waals surface area contributed by atoms with E-state index in [0.29, 0.717) is 0 Å². The molecule has 76 valence electrons. The molecule has 4 aliphatic carbocycles. The van der Waals surface area contributed by atoms with E-state index in [1.54, 1.807) is 5.57 Å². The highest BCUT2D eigenvalue weighted by Gasteiger charge is 2.50. The summed E-state index contributed by atoms with van der Waals surface area (Å²) in [5, 5.41) is 0. The lowest BCUT2D eigenvalue weighted by atomic mass is 9.54. The Kier molecular flexibility index (Phi) is 1.59. The SMILES string of the molecule is NC(=O)C12CCCC3=C1CCC(C3)C2. The Labute approximate surface area is 84.5 Å². The zero-order valence-corrected chi connectivity index (χ0v) is 8.51. The van der Waals surface area contributed by atoms with Crippen LogP contribution in [0.3, 0.4) is 0 Å². The minimum atomic E-state index is -0.186. The maximum absolute atomic E-state index is 11.7. The average Bonchev–Trinajstić information content (AvgIpc) is 2.17. The molecule has 2 unspecified atom stereocenters. The second kappa shape index (κ2) is 2.62. The van der Waals surface area contributed by atoms with Gasteiger partial charge in [-0.3, -0.25) is 4.79 Å². The number of carbonyl (C=O) groups is 1. The van der Waals surface area contributed by atoms with Crippen LogP contribution in [0.2, 0.25) is 0 Å². The van der Waals surface area contributed by atoms with Crippen molar-refractivity contribution in [2.45, 2.75) is 44.9 Å². The zero-order valence-electron chi connectivity index (χ0n) is 8.51. The van der Waals surface area contributed by atoms with Crippen molar-refractivity contribution in [3.05, 3.63) is 11.1 Å². The molecule has 4 aliphatic rings. The molecule has 0 radical (unpaired) electrons. The number of primary amides is 1. The predicted octanol–water partition coefficient (Wildman–Crippen LogP) is 2.14. The molecule has 4 bridgehead atoms. The lowest BCUT2D eigenvalue weighted by Gasteiger charge is -2.50. The van der Waals surface area contributed by atoms with Crippen molar-refractivity contribution < 1.29 is 4.79 Å². The molecule has 1 fully saturated rings. The van der Waals surface area contributed by atoms with Gasteiger partial charge in [-0.15, -0.1) is 0 Å². The molecule has 2 atom stereocenters. The maximum atomic E-state index is 11.7. The summed E-state index contributed by atoms with van der Waals surface area (Å²) in [6.45, 7) is 0. The molecule has 0 aromatic heterocycles. The van der Waals surface area contributed by atoms with E-state index in [1.807, 2.05) is 0 Å². The summed E-state index contributed by atoms with van der Waals surface area (Å²) in [5.41, 5.74) is 8.49. The molecule has 4 rings (SSSR count). The fraction of sp³-hybridized carbons (Fsp3) is 0.750. The smallest absolute Gasteiger partial charge is 0.227 e. The number of hydrogen-bond acceptors (Lipinski definition) is 1. The monoisotopic (exact) mass is 191 g/mol. The van der Waals surface area contributed by atoms with Crippen molar-refractivity contribution in [3.63, 3.8) is 0 Å². The first kappa shape index (κ1) is 8.51. The van der Waals surface area contributed by atoms with E-state index in [0.717, 1.165) is 25.2 Å². The number of rotatable bonds is 1. The zero-order chi connectivity index (χ0) is 9.76. The van der Waals surface area contributed by atoms with Gasteiger partial charge in [0.05, 0.1) is 5.41 Å². The fourth-order valence-corrected chi connectivity index (χ4v) is 3.95. The van der Waals surface area contributed by atoms with Crippen LogP contribution in [-0.4, -0.2) is 5.91 Å². The van der Waals surface area contributed by atoms with Gasteiger partial charge in [0.2, 0.25) is 5.91 Å². The number of allylic oxidation sites excluding steroid dienone is 1. The Morgan fingerprint density at radius 2 is 2.29 bits per heavy atom. The molecule has 2 heteroatoms. The summed E-state index contributed by atoms with van der Waals surface area (Å²) in [6.07, 6.45) is 8.22. The van der Waals surface area contributed by atoms with Crippen LogP contribution >= 0.6 is 0 Å². The van der Waals surface area contributed by atoms with Gasteiger partial charge in [0, 0.05) is 0 Å². The molecule has 0 spiro atoms. The number of amides is 1. The van der Waals surface area contributed by atoms with Crippen LogP contribution < -0.4 is 5.73 Å². The Bertz CT molecular complexity index is 331. The van der Waals surface area contributed by atoms with Crippen LogP contribution in [0.4, 0.5) is 0 Å². The first-order valence-electron chi connectivity index (χ1n) is 5.74. The Balaban J connectivity index is 2.13. The molecule has 0 aromatic rings. The van der Waals surface area contributed by atoms with E-state index in [9.17, 15) is 4.79 Å². The number of carbonyl (C=O) groups excluding carboxylic acids is 1. The third-order valence-corrected chi connectivity index (χ3v) is 4.53. The van der Waals surface area contributed by atoms with Gasteiger partial charge in [-0.2, -0.15) is 0 Å². The molecule has 0 aromatic carbocycles. The topological polar surface area (TPSA) is 43.1 Å². The number of hydrogen-bond donors (Lipinski definition) is 1. The lowest BCUT2D eigenvalue weighted by molar-refractivity contribution is -0.129. The van der Waals surface area contributed by atoms with Gasteiger partial charge in [0.15, 0.2) is 0 Å². The molecule has 0 aliphatic heterocycles. The Morgan fingerprint density at radius 3 is 2.93 bits per heavy atom. The fourth-order valence-electron chi connectivity index (χ4n) is 3.95. The summed E-state index contributed by atoms with van der Waals surface area (Å²) >= 11 is 0. The molecule has 14 heavy (non-hydrogen) atoms. The summed E-state index contributed by atoms with van der Waals surface area (Å²) in [7, 11) is 0. The first-order chi connectivity index (χ1) is 6.72. The van der Waals surface area contributed by atoms with E-state index in [1.165, 1.54) is 31.3 Å². The van der Waals surface area contributed by atoms with E-state index in [2.05, 4.69) is 0 Å². The van der Waals surface area contributed by atoms with Crippen LogP contribution in [0.1, 0.15) is 44.9 Å². The third kappa shape index (κ3) is 0.891. The van der Waals surface area contributed by atoms with Gasteiger partial charge in [0.25, 0.3) is 0 Å². The highest BCUT2D eigenvalue weighted by molar-refractivity contribution is 5.85. The third-order valence-electron chi connectivity index (χ3n) is 4.53. The standard InChI is InChI=1S/C12H17NO/c13-11(14)12-5-1-2-9-6-8(7-12)3-4-10(9)12/h8H,1-7H2,(H2,13,14). The van der Waals surface area contributed by atoms with E-state index < -0.39 is 0 Å². The average molecular weight is 191 g/mol. The molecule has 0 saturated heterocycles. The summed E-state index contributed by atoms with van der Waals surface area (Å²) in [4.78, 5) is 11.7. The Morgan fingerprint density at radius 1 is 1.43 bits per heavy atom. The largest absolute Gasteiger partial charge is 0.369 e. The van der Waals surface area contributed by atoms with Crippen LogP contribution in [0.5, 0.6) is 0 Å². The molecular weight excluding hydrogens is 174 g/mol. The van der Waals surface area contributed by atoms with Crippen LogP contribution in [0, 0.1) is 11.3 Å². The summed E-state index contributed by atoms with van der Waals surface area (Å²) < 4.78 is 0. The van der Waals surface area contributed by atoms with Gasteiger partial charge in [-0.05, 0) is 50.9 Å². The van der Waals surface area contributed by atoms with Crippen molar-refractivity contribution in [2.75, 3.05) is 0 Å². The van der Waals surface area contributed by atoms with Crippen LogP contribution in [0.15, 0.2) is 11.1 Å². The highest BCUT2D eigenvalue weighted by Crippen LogP contribution is 2.57. The molecule has 2 nitrogen and oxygen atoms in total. The quantitative estimate of drug-likeness (QED) is 0.634. The lowest BCUT2D eigenvalue weighted by Crippen LogP contribution is -2.47. The van der Waals surface area contributed by atoms with Crippen molar-refractivity contribution in [2.24, 2.45) is 17.1 Å². The van der Waals surface area contributed by atoms with Gasteiger partial charge in [-0.1, -0.05) is 11.1 Å². The predicted molar refractivity (Wildman–Crippen MR) is 54.5 cm³/mol. The Hall–Kier alpha value is -0.790. The van der Waals surface area contributed by atoms with Gasteiger partial charge < -0.3 is 5.73 Å². The summed E-state index contributed by atoms with van der Waals surface area (Å²) in [5.74, 6) is 0.712. The van der Waals surface area contributed by atoms with Crippen LogP contribution in [-0.2, 0) is 4.79 Å². The van der Waals surface area contributed by atoms with E-state index in [-0.39, 0.29) is 11.3 Å². The molecule has 1 saturated carbocycles. The second-order valence-corrected chi connectivity index (χ2v) is 5.19. The van der Waals surface area contributed by atoms with Crippen molar-refractivity contribution in [1.29, 1.82) is 0 Å². The van der Waals surface area contributed by atoms with Crippen LogP contribution in [0.25, 0.3) is 0 Å². The first-order valence-corrected chi connectivity index (χ1v) is 5.74. The number of fused-ring (bicyclic) bond motifs is 1. The van der Waals surface area contributed by atoms with Crippen molar-refractivity contribution in [1.82, 2.24) is 0 Å². The highest BCUT2D eigenvalue weighted by atomic mass is 16.1. The van der Waals surface area contributed by atoms with Gasteiger partial charge in [0.1, 0.15) is 0 Å². The van der Waals surface area contributed by atoms with E-state index >= 15 is 0 Å².